The normalized spacial score (nSPS) is 10.3. The number of fused-ring (bicyclic) bond motifs is 1. The summed E-state index contributed by atoms with van der Waals surface area (Å²) >= 11 is 0. The Bertz CT molecular complexity index is 416. The molecular formula is C6H6BN3O3. The summed E-state index contributed by atoms with van der Waals surface area (Å²) in [5.74, 6) is 0. The van der Waals surface area contributed by atoms with Gasteiger partial charge in [-0.3, -0.25) is 0 Å². The summed E-state index contributed by atoms with van der Waals surface area (Å²) in [5.41, 5.74) is 1.21. The van der Waals surface area contributed by atoms with Crippen LogP contribution < -0.4 is 4.76 Å². The summed E-state index contributed by atoms with van der Waals surface area (Å²) in [6.45, 7) is 0. The van der Waals surface area contributed by atoms with Crippen LogP contribution in [0.5, 0.6) is 0 Å². The predicted molar refractivity (Wildman–Crippen MR) is 44.3 cm³/mol. The van der Waals surface area contributed by atoms with Gasteiger partial charge in [-0.2, -0.15) is 0 Å². The van der Waals surface area contributed by atoms with Gasteiger partial charge in [-0.15, -0.1) is 5.10 Å². The number of hydrogen-bond acceptors (Lipinski definition) is 5. The number of rotatable bonds is 2. The van der Waals surface area contributed by atoms with Gasteiger partial charge in [0.2, 0.25) is 0 Å². The summed E-state index contributed by atoms with van der Waals surface area (Å²) in [6.07, 6.45) is 0. The fourth-order valence-electron chi connectivity index (χ4n) is 1.01. The Hall–Kier alpha value is -1.60. The fraction of sp³-hybridized carbons (Fsp3) is 0. The van der Waals surface area contributed by atoms with Crippen LogP contribution in [0.3, 0.4) is 0 Å². The van der Waals surface area contributed by atoms with Crippen LogP contribution in [0.25, 0.3) is 11.0 Å². The fourth-order valence-corrected chi connectivity index (χ4v) is 1.01. The van der Waals surface area contributed by atoms with Crippen LogP contribution in [0.15, 0.2) is 24.3 Å². The van der Waals surface area contributed by atoms with E-state index in [1.807, 2.05) is 0 Å². The molecule has 0 aliphatic heterocycles. The summed E-state index contributed by atoms with van der Waals surface area (Å²) in [5, 5.41) is 24.4. The van der Waals surface area contributed by atoms with Crippen LogP contribution in [0.2, 0.25) is 0 Å². The second-order valence-electron chi connectivity index (χ2n) is 2.38. The highest BCUT2D eigenvalue weighted by Gasteiger charge is 2.14. The standard InChI is InChI=1S/C6H6BN3O3/c11-7(12)13-10-6-4-2-1-3-5(6)8-9-10/h1-4,11-12H. The van der Waals surface area contributed by atoms with Crippen molar-refractivity contribution < 1.29 is 14.8 Å². The van der Waals surface area contributed by atoms with Crippen LogP contribution in [0, 0.1) is 0 Å². The van der Waals surface area contributed by atoms with Gasteiger partial charge in [0.25, 0.3) is 0 Å². The Morgan fingerprint density at radius 2 is 2.08 bits per heavy atom. The van der Waals surface area contributed by atoms with Crippen LogP contribution in [0.1, 0.15) is 0 Å². The van der Waals surface area contributed by atoms with Crippen LogP contribution >= 0.6 is 0 Å². The number of aromatic nitrogens is 3. The molecule has 1 aromatic carbocycles. The zero-order valence-corrected chi connectivity index (χ0v) is 6.53. The maximum Gasteiger partial charge on any atom is 0.729 e. The summed E-state index contributed by atoms with van der Waals surface area (Å²) < 4.78 is 4.52. The first-order chi connectivity index (χ1) is 6.27. The molecule has 2 N–H and O–H groups in total. The molecule has 2 aromatic rings. The minimum absolute atomic E-state index is 0.579. The molecule has 0 unspecified atom stereocenters. The Balaban J connectivity index is 2.46. The Labute approximate surface area is 73.5 Å². The molecule has 0 aliphatic rings. The van der Waals surface area contributed by atoms with Crippen molar-refractivity contribution >= 4 is 18.4 Å². The zero-order chi connectivity index (χ0) is 9.26. The molecule has 66 valence electrons. The van der Waals surface area contributed by atoms with E-state index < -0.39 is 7.32 Å². The molecule has 13 heavy (non-hydrogen) atoms. The van der Waals surface area contributed by atoms with Gasteiger partial charge in [-0.05, 0) is 17.3 Å². The maximum atomic E-state index is 8.53. The third-order valence-electron chi connectivity index (χ3n) is 1.52. The lowest BCUT2D eigenvalue weighted by Gasteiger charge is -2.01. The van der Waals surface area contributed by atoms with Crippen molar-refractivity contribution in [1.82, 2.24) is 15.2 Å². The molecule has 0 bridgehead atoms. The van der Waals surface area contributed by atoms with E-state index in [0.717, 1.165) is 4.85 Å². The van der Waals surface area contributed by atoms with Gasteiger partial charge >= 0.3 is 7.32 Å². The van der Waals surface area contributed by atoms with Crippen LogP contribution in [-0.2, 0) is 0 Å². The van der Waals surface area contributed by atoms with E-state index in [4.69, 9.17) is 10.0 Å². The van der Waals surface area contributed by atoms with Crippen molar-refractivity contribution in [3.8, 4) is 0 Å². The van der Waals surface area contributed by atoms with Gasteiger partial charge in [-0.1, -0.05) is 17.0 Å². The Morgan fingerprint density at radius 1 is 1.31 bits per heavy atom. The van der Waals surface area contributed by atoms with Gasteiger partial charge in [0.15, 0.2) is 0 Å². The largest absolute Gasteiger partial charge is 0.729 e. The molecule has 1 aromatic heterocycles. The SMILES string of the molecule is OB(O)On1nnc2ccccc21. The Morgan fingerprint density at radius 3 is 2.85 bits per heavy atom. The highest BCUT2D eigenvalue weighted by atomic mass is 16.7. The minimum Gasteiger partial charge on any atom is -0.404 e. The summed E-state index contributed by atoms with van der Waals surface area (Å²) in [6, 6.07) is 7.02. The van der Waals surface area contributed by atoms with E-state index >= 15 is 0 Å². The van der Waals surface area contributed by atoms with E-state index in [9.17, 15) is 0 Å². The van der Waals surface area contributed by atoms with E-state index in [-0.39, 0.29) is 0 Å². The van der Waals surface area contributed by atoms with Crippen molar-refractivity contribution in [3.05, 3.63) is 24.3 Å². The van der Waals surface area contributed by atoms with Crippen molar-refractivity contribution in [1.29, 1.82) is 0 Å². The molecule has 1 heterocycles. The number of nitrogens with zero attached hydrogens (tertiary/aromatic N) is 3. The van der Waals surface area contributed by atoms with E-state index in [1.165, 1.54) is 0 Å². The van der Waals surface area contributed by atoms with E-state index in [0.29, 0.717) is 11.0 Å². The van der Waals surface area contributed by atoms with E-state index in [2.05, 4.69) is 15.1 Å². The quantitative estimate of drug-likeness (QED) is 0.567. The number of benzene rings is 1. The molecule has 0 radical (unpaired) electrons. The first kappa shape index (κ1) is 8.02. The monoisotopic (exact) mass is 179 g/mol. The van der Waals surface area contributed by atoms with Gasteiger partial charge in [0.05, 0.1) is 0 Å². The molecule has 0 saturated heterocycles. The molecule has 0 amide bonds. The van der Waals surface area contributed by atoms with Crippen molar-refractivity contribution in [2.24, 2.45) is 0 Å². The summed E-state index contributed by atoms with van der Waals surface area (Å²) in [4.78, 5) is 0.958. The van der Waals surface area contributed by atoms with Gasteiger partial charge in [0.1, 0.15) is 11.0 Å². The molecule has 2 rings (SSSR count). The second kappa shape index (κ2) is 3.04. The maximum absolute atomic E-state index is 8.53. The molecule has 0 fully saturated rings. The highest BCUT2D eigenvalue weighted by Crippen LogP contribution is 2.07. The molecular weight excluding hydrogens is 173 g/mol. The van der Waals surface area contributed by atoms with Crippen LogP contribution in [-0.4, -0.2) is 32.5 Å². The first-order valence-corrected chi connectivity index (χ1v) is 3.61. The van der Waals surface area contributed by atoms with Gasteiger partial charge in [0, 0.05) is 0 Å². The minimum atomic E-state index is -1.90. The lowest BCUT2D eigenvalue weighted by atomic mass is 10.3. The van der Waals surface area contributed by atoms with Gasteiger partial charge < -0.3 is 14.8 Å². The van der Waals surface area contributed by atoms with Crippen LogP contribution in [0.4, 0.5) is 0 Å². The van der Waals surface area contributed by atoms with Crippen molar-refractivity contribution in [3.63, 3.8) is 0 Å². The Kier molecular flexibility index (Phi) is 1.88. The molecule has 6 nitrogen and oxygen atoms in total. The van der Waals surface area contributed by atoms with Gasteiger partial charge in [-0.25, -0.2) is 0 Å². The average molecular weight is 179 g/mol. The smallest absolute Gasteiger partial charge is 0.404 e. The number of para-hydroxylation sites is 1. The molecule has 7 heteroatoms. The van der Waals surface area contributed by atoms with E-state index in [1.54, 1.807) is 24.3 Å². The van der Waals surface area contributed by atoms with Crippen molar-refractivity contribution in [2.75, 3.05) is 0 Å². The number of hydrogen-bond donors (Lipinski definition) is 2. The topological polar surface area (TPSA) is 80.4 Å². The molecule has 0 spiro atoms. The highest BCUT2D eigenvalue weighted by molar-refractivity contribution is 6.32. The zero-order valence-electron chi connectivity index (χ0n) is 6.53. The average Bonchev–Trinajstić information content (AvgIpc) is 2.48. The third kappa shape index (κ3) is 1.46. The second-order valence-corrected chi connectivity index (χ2v) is 2.38. The molecule has 0 aliphatic carbocycles. The lowest BCUT2D eigenvalue weighted by molar-refractivity contribution is 0.145. The third-order valence-corrected chi connectivity index (χ3v) is 1.52. The molecule has 0 saturated carbocycles. The van der Waals surface area contributed by atoms with Crippen molar-refractivity contribution in [2.45, 2.75) is 0 Å². The summed E-state index contributed by atoms with van der Waals surface area (Å²) in [7, 11) is -1.90. The molecule has 0 atom stereocenters. The predicted octanol–water partition coefficient (Wildman–Crippen LogP) is -1.17. The lowest BCUT2D eigenvalue weighted by Crippen LogP contribution is -2.30. The first-order valence-electron chi connectivity index (χ1n) is 3.61.